The largest absolute Gasteiger partial charge is 0.513 e. The molecule has 0 aliphatic heterocycles. The van der Waals surface area contributed by atoms with E-state index in [0.29, 0.717) is 12.3 Å². The van der Waals surface area contributed by atoms with Crippen LogP contribution in [0.15, 0.2) is 42.3 Å². The van der Waals surface area contributed by atoms with Crippen LogP contribution in [0.25, 0.3) is 0 Å². The number of anilines is 2. The topological polar surface area (TPSA) is 65.5 Å². The highest BCUT2D eigenvalue weighted by Crippen LogP contribution is 2.31. The minimum atomic E-state index is -4.60. The number of aromatic nitrogens is 1. The third-order valence-electron chi connectivity index (χ3n) is 3.50. The number of rotatable bonds is 4. The van der Waals surface area contributed by atoms with Crippen LogP contribution in [0.4, 0.5) is 29.1 Å². The number of aryl methyl sites for hydroxylation is 1. The zero-order valence-electron chi connectivity index (χ0n) is 14.1. The first-order valence-electron chi connectivity index (χ1n) is 7.43. The predicted octanol–water partition coefficient (Wildman–Crippen LogP) is 4.68. The molecule has 1 amide bonds. The molecule has 0 aliphatic rings. The monoisotopic (exact) mass is 403 g/mol. The lowest BCUT2D eigenvalue weighted by Crippen LogP contribution is -2.31. The number of likely N-dealkylation sites (N-methyl/N-ethyl adjacent to an activating group) is 1. The Hall–Kier alpha value is -2.81. The van der Waals surface area contributed by atoms with Crippen molar-refractivity contribution in [2.75, 3.05) is 17.3 Å². The van der Waals surface area contributed by atoms with E-state index >= 15 is 0 Å². The first-order valence-corrected chi connectivity index (χ1v) is 7.81. The summed E-state index contributed by atoms with van der Waals surface area (Å²) in [4.78, 5) is 17.4. The van der Waals surface area contributed by atoms with Crippen LogP contribution < -0.4 is 10.2 Å². The summed E-state index contributed by atoms with van der Waals surface area (Å²) in [6.45, 7) is 1.36. The second kappa shape index (κ2) is 7.83. The Morgan fingerprint density at radius 2 is 1.96 bits per heavy atom. The molecule has 0 bridgehead atoms. The molecule has 144 valence electrons. The summed E-state index contributed by atoms with van der Waals surface area (Å²) in [6.07, 6.45) is -4.19. The Balaban J connectivity index is 2.28. The number of carbonyl (C=O) groups is 1. The van der Waals surface area contributed by atoms with Crippen LogP contribution in [-0.4, -0.2) is 23.0 Å². The van der Waals surface area contributed by atoms with Gasteiger partial charge in [-0.3, -0.25) is 4.79 Å². The van der Waals surface area contributed by atoms with Crippen LogP contribution >= 0.6 is 11.6 Å². The van der Waals surface area contributed by atoms with Gasteiger partial charge in [-0.05, 0) is 37.3 Å². The van der Waals surface area contributed by atoms with Gasteiger partial charge in [-0.2, -0.15) is 13.2 Å². The van der Waals surface area contributed by atoms with Gasteiger partial charge in [0.2, 0.25) is 0 Å². The maximum Gasteiger partial charge on any atom is 0.416 e. The molecule has 0 unspecified atom stereocenters. The van der Waals surface area contributed by atoms with E-state index in [4.69, 9.17) is 11.6 Å². The molecule has 2 rings (SSSR count). The molecule has 2 aromatic rings. The zero-order chi connectivity index (χ0) is 20.4. The second-order valence-corrected chi connectivity index (χ2v) is 5.92. The van der Waals surface area contributed by atoms with Crippen molar-refractivity contribution in [3.63, 3.8) is 0 Å². The van der Waals surface area contributed by atoms with Crippen LogP contribution in [0.1, 0.15) is 11.3 Å². The molecule has 10 heteroatoms. The fourth-order valence-electron chi connectivity index (χ4n) is 2.17. The number of carbonyl (C=O) groups excluding carboxylic acids is 1. The first-order chi connectivity index (χ1) is 12.5. The first kappa shape index (κ1) is 20.5. The second-order valence-electron chi connectivity index (χ2n) is 5.51. The van der Waals surface area contributed by atoms with Gasteiger partial charge < -0.3 is 15.3 Å². The molecule has 0 saturated heterocycles. The van der Waals surface area contributed by atoms with E-state index in [9.17, 15) is 27.5 Å². The average Bonchev–Trinajstić information content (AvgIpc) is 2.59. The molecule has 0 radical (unpaired) electrons. The number of benzene rings is 1. The highest BCUT2D eigenvalue weighted by atomic mass is 35.5. The summed E-state index contributed by atoms with van der Waals surface area (Å²) in [5.74, 6) is -1.76. The molecule has 5 nitrogen and oxygen atoms in total. The number of nitrogens with one attached hydrogen (secondary N) is 1. The van der Waals surface area contributed by atoms with E-state index in [0.717, 1.165) is 17.0 Å². The van der Waals surface area contributed by atoms with Crippen molar-refractivity contribution in [1.82, 2.24) is 4.98 Å². The van der Waals surface area contributed by atoms with Crippen molar-refractivity contribution in [1.29, 1.82) is 0 Å². The number of halogens is 5. The summed E-state index contributed by atoms with van der Waals surface area (Å²) < 4.78 is 52.0. The number of aliphatic hydroxyl groups excluding tert-OH is 1. The van der Waals surface area contributed by atoms with Gasteiger partial charge in [0.15, 0.2) is 0 Å². The number of aliphatic hydroxyl groups is 1. The van der Waals surface area contributed by atoms with E-state index in [1.54, 1.807) is 0 Å². The molecular weight excluding hydrogens is 390 g/mol. The molecule has 1 aromatic carbocycles. The fraction of sp³-hybridized carbons (Fsp3) is 0.176. The molecule has 2 N–H and O–H groups in total. The molecule has 0 saturated carbocycles. The smallest absolute Gasteiger partial charge is 0.416 e. The predicted molar refractivity (Wildman–Crippen MR) is 93.1 cm³/mol. The molecule has 27 heavy (non-hydrogen) atoms. The minimum Gasteiger partial charge on any atom is -0.513 e. The van der Waals surface area contributed by atoms with E-state index in [1.807, 2.05) is 0 Å². The van der Waals surface area contributed by atoms with E-state index in [1.165, 1.54) is 26.1 Å². The van der Waals surface area contributed by atoms with Gasteiger partial charge in [0.1, 0.15) is 23.6 Å². The number of alkyl halides is 3. The number of pyridine rings is 1. The SMILES string of the molecule is Cc1cc(C(F)(F)F)cc(NC(=CO)C(=O)N(C)c2ccc(F)c(Cl)c2)n1. The summed E-state index contributed by atoms with van der Waals surface area (Å²) in [5, 5.41) is 11.5. The lowest BCUT2D eigenvalue weighted by molar-refractivity contribution is -0.137. The third-order valence-corrected chi connectivity index (χ3v) is 3.79. The summed E-state index contributed by atoms with van der Waals surface area (Å²) in [7, 11) is 1.32. The van der Waals surface area contributed by atoms with Crippen molar-refractivity contribution in [2.45, 2.75) is 13.1 Å². The fourth-order valence-corrected chi connectivity index (χ4v) is 2.34. The summed E-state index contributed by atoms with van der Waals surface area (Å²) >= 11 is 5.67. The van der Waals surface area contributed by atoms with Crippen molar-refractivity contribution in [3.8, 4) is 0 Å². The Bertz CT molecular complexity index is 900. The van der Waals surface area contributed by atoms with Crippen molar-refractivity contribution in [2.24, 2.45) is 0 Å². The molecular formula is C17H14ClF4N3O2. The molecule has 0 fully saturated rings. The number of hydrogen-bond acceptors (Lipinski definition) is 4. The van der Waals surface area contributed by atoms with Crippen LogP contribution in [0.2, 0.25) is 5.02 Å². The lowest BCUT2D eigenvalue weighted by Gasteiger charge is -2.20. The minimum absolute atomic E-state index is 0.0655. The van der Waals surface area contributed by atoms with Gasteiger partial charge in [0.05, 0.1) is 10.6 Å². The van der Waals surface area contributed by atoms with Gasteiger partial charge in [0.25, 0.3) is 5.91 Å². The number of nitrogens with zero attached hydrogens (tertiary/aromatic N) is 2. The molecule has 0 atom stereocenters. The molecule has 0 spiro atoms. The average molecular weight is 404 g/mol. The van der Waals surface area contributed by atoms with Gasteiger partial charge in [-0.15, -0.1) is 0 Å². The summed E-state index contributed by atoms with van der Waals surface area (Å²) in [6, 6.07) is 5.08. The quantitative estimate of drug-likeness (QED) is 0.442. The Labute approximate surface area is 156 Å². The van der Waals surface area contributed by atoms with Gasteiger partial charge >= 0.3 is 6.18 Å². The maximum atomic E-state index is 13.2. The van der Waals surface area contributed by atoms with Crippen LogP contribution in [0, 0.1) is 12.7 Å². The van der Waals surface area contributed by atoms with Crippen molar-refractivity contribution < 1.29 is 27.5 Å². The van der Waals surface area contributed by atoms with E-state index < -0.39 is 29.2 Å². The highest BCUT2D eigenvalue weighted by Gasteiger charge is 2.31. The third kappa shape index (κ3) is 4.88. The van der Waals surface area contributed by atoms with E-state index in [2.05, 4.69) is 10.3 Å². The standard InChI is InChI=1S/C17H14ClF4N3O2/c1-9-5-10(17(20,21)22)6-15(23-9)24-14(8-26)16(27)25(2)11-3-4-13(19)12(18)7-11/h3-8,26H,1-2H3,(H,23,24). The highest BCUT2D eigenvalue weighted by molar-refractivity contribution is 6.31. The molecule has 1 heterocycles. The lowest BCUT2D eigenvalue weighted by atomic mass is 10.2. The Kier molecular flexibility index (Phi) is 5.94. The van der Waals surface area contributed by atoms with Gasteiger partial charge in [-0.25, -0.2) is 9.37 Å². The van der Waals surface area contributed by atoms with Gasteiger partial charge in [-0.1, -0.05) is 11.6 Å². The Morgan fingerprint density at radius 1 is 1.30 bits per heavy atom. The van der Waals surface area contributed by atoms with Crippen LogP contribution in [0.5, 0.6) is 0 Å². The normalized spacial score (nSPS) is 12.0. The number of amides is 1. The van der Waals surface area contributed by atoms with Crippen molar-refractivity contribution in [3.05, 3.63) is 64.4 Å². The maximum absolute atomic E-state index is 13.2. The molecule has 0 aliphatic carbocycles. The summed E-state index contributed by atoms with van der Waals surface area (Å²) in [5.41, 5.74) is -1.12. The zero-order valence-corrected chi connectivity index (χ0v) is 14.9. The van der Waals surface area contributed by atoms with E-state index in [-0.39, 0.29) is 22.2 Å². The van der Waals surface area contributed by atoms with Gasteiger partial charge in [0, 0.05) is 18.4 Å². The van der Waals surface area contributed by atoms with Crippen LogP contribution in [0.3, 0.4) is 0 Å². The molecule has 1 aromatic heterocycles. The Morgan fingerprint density at radius 3 is 2.52 bits per heavy atom. The van der Waals surface area contributed by atoms with Crippen molar-refractivity contribution >= 4 is 29.0 Å². The van der Waals surface area contributed by atoms with Crippen LogP contribution in [-0.2, 0) is 11.0 Å². The number of hydrogen-bond donors (Lipinski definition) is 2.